The molecular weight excluding hydrogens is 232 g/mol. The van der Waals surface area contributed by atoms with E-state index >= 15 is 0 Å². The average Bonchev–Trinajstić information content (AvgIpc) is 2.92. The molecule has 0 radical (unpaired) electrons. The van der Waals surface area contributed by atoms with E-state index in [-0.39, 0.29) is 5.88 Å². The molecule has 0 aliphatic heterocycles. The molecule has 1 aromatic heterocycles. The molecule has 17 heavy (non-hydrogen) atoms. The molecule has 2 saturated carbocycles. The molecule has 3 nitrogen and oxygen atoms in total. The third kappa shape index (κ3) is 1.92. The molecule has 2 fully saturated rings. The molecule has 0 spiro atoms. The number of hydrogen-bond acceptors (Lipinski definition) is 4. The van der Waals surface area contributed by atoms with Gasteiger partial charge in [0.05, 0.1) is 4.88 Å². The minimum atomic E-state index is 0.219. The summed E-state index contributed by atoms with van der Waals surface area (Å²) < 4.78 is 0. The first-order valence-electron chi connectivity index (χ1n) is 6.56. The minimum absolute atomic E-state index is 0.219. The summed E-state index contributed by atoms with van der Waals surface area (Å²) in [6, 6.07) is 0. The van der Waals surface area contributed by atoms with Crippen molar-refractivity contribution in [3.05, 3.63) is 4.88 Å². The monoisotopic (exact) mass is 252 g/mol. The van der Waals surface area contributed by atoms with E-state index in [2.05, 4.69) is 24.1 Å². The molecule has 2 aliphatic rings. The molecule has 0 saturated heterocycles. The molecule has 0 aromatic carbocycles. The molecule has 2 aliphatic carbocycles. The number of anilines is 1. The average molecular weight is 252 g/mol. The second kappa shape index (κ2) is 3.87. The summed E-state index contributed by atoms with van der Waals surface area (Å²) in [5, 5.41) is 14.3. The standard InChI is InChI=1S/C13H20N2OS/c1-8(2)10-11(16)14-12(17-10)15-13-5-3-9(7-13)4-6-13/h8-9,16H,3-7H2,1-2H3,(H,14,15). The smallest absolute Gasteiger partial charge is 0.227 e. The van der Waals surface area contributed by atoms with Crippen molar-refractivity contribution in [3.8, 4) is 5.88 Å². The van der Waals surface area contributed by atoms with Crippen molar-refractivity contribution in [2.75, 3.05) is 5.32 Å². The second-order valence-electron chi connectivity index (χ2n) is 5.91. The van der Waals surface area contributed by atoms with Crippen LogP contribution in [0.3, 0.4) is 0 Å². The summed E-state index contributed by atoms with van der Waals surface area (Å²) in [6.07, 6.45) is 6.57. The Morgan fingerprint density at radius 2 is 2.12 bits per heavy atom. The number of hydrogen-bond donors (Lipinski definition) is 2. The van der Waals surface area contributed by atoms with E-state index in [1.807, 2.05) is 0 Å². The van der Waals surface area contributed by atoms with E-state index in [0.717, 1.165) is 15.9 Å². The fourth-order valence-electron chi connectivity index (χ4n) is 3.35. The predicted octanol–water partition coefficient (Wildman–Crippen LogP) is 3.72. The topological polar surface area (TPSA) is 45.2 Å². The van der Waals surface area contributed by atoms with Gasteiger partial charge >= 0.3 is 0 Å². The number of aromatic nitrogens is 1. The predicted molar refractivity (Wildman–Crippen MR) is 70.8 cm³/mol. The maximum Gasteiger partial charge on any atom is 0.227 e. The molecule has 0 amide bonds. The Bertz CT molecular complexity index is 419. The van der Waals surface area contributed by atoms with Crippen molar-refractivity contribution in [2.24, 2.45) is 5.92 Å². The van der Waals surface area contributed by atoms with Crippen molar-refractivity contribution in [1.82, 2.24) is 4.98 Å². The van der Waals surface area contributed by atoms with E-state index in [0.29, 0.717) is 11.5 Å². The summed E-state index contributed by atoms with van der Waals surface area (Å²) in [5.41, 5.74) is 0.295. The summed E-state index contributed by atoms with van der Waals surface area (Å²) in [4.78, 5) is 5.27. The maximum atomic E-state index is 9.80. The zero-order valence-electron chi connectivity index (χ0n) is 10.5. The van der Waals surface area contributed by atoms with Crippen molar-refractivity contribution in [1.29, 1.82) is 0 Å². The van der Waals surface area contributed by atoms with Crippen LogP contribution >= 0.6 is 11.3 Å². The quantitative estimate of drug-likeness (QED) is 0.862. The van der Waals surface area contributed by atoms with E-state index in [1.54, 1.807) is 11.3 Å². The van der Waals surface area contributed by atoms with Gasteiger partial charge in [0.15, 0.2) is 5.13 Å². The molecule has 1 heterocycles. The molecule has 2 bridgehead atoms. The van der Waals surface area contributed by atoms with Crippen LogP contribution in [0.25, 0.3) is 0 Å². The Kier molecular flexibility index (Phi) is 2.58. The Morgan fingerprint density at radius 1 is 1.41 bits per heavy atom. The number of thiazole rings is 1. The Hall–Kier alpha value is -0.770. The lowest BCUT2D eigenvalue weighted by molar-refractivity contribution is 0.440. The lowest BCUT2D eigenvalue weighted by atomic mass is 9.94. The first-order valence-corrected chi connectivity index (χ1v) is 7.37. The largest absolute Gasteiger partial charge is 0.492 e. The van der Waals surface area contributed by atoms with Crippen molar-refractivity contribution in [2.45, 2.75) is 57.4 Å². The van der Waals surface area contributed by atoms with Gasteiger partial charge in [-0.25, -0.2) is 0 Å². The second-order valence-corrected chi connectivity index (χ2v) is 6.95. The first kappa shape index (κ1) is 11.3. The van der Waals surface area contributed by atoms with Crippen LogP contribution in [0.5, 0.6) is 5.88 Å². The van der Waals surface area contributed by atoms with E-state index in [9.17, 15) is 5.11 Å². The van der Waals surface area contributed by atoms with Crippen LogP contribution in [0.1, 0.15) is 56.7 Å². The van der Waals surface area contributed by atoms with Gasteiger partial charge in [0.25, 0.3) is 0 Å². The van der Waals surface area contributed by atoms with Gasteiger partial charge in [-0.3, -0.25) is 0 Å². The molecule has 2 N–H and O–H groups in total. The van der Waals surface area contributed by atoms with Gasteiger partial charge in [0.2, 0.25) is 5.88 Å². The molecule has 0 unspecified atom stereocenters. The fraction of sp³-hybridized carbons (Fsp3) is 0.769. The number of nitrogens with zero attached hydrogens (tertiary/aromatic N) is 1. The van der Waals surface area contributed by atoms with Crippen molar-refractivity contribution < 1.29 is 5.11 Å². The Morgan fingerprint density at radius 3 is 2.59 bits per heavy atom. The highest BCUT2D eigenvalue weighted by Crippen LogP contribution is 2.50. The van der Waals surface area contributed by atoms with Crippen LogP contribution < -0.4 is 5.32 Å². The van der Waals surface area contributed by atoms with E-state index in [1.165, 1.54) is 32.1 Å². The van der Waals surface area contributed by atoms with Gasteiger partial charge in [-0.15, -0.1) is 0 Å². The fourth-order valence-corrected chi connectivity index (χ4v) is 4.33. The van der Waals surface area contributed by atoms with Gasteiger partial charge in [0, 0.05) is 5.54 Å². The van der Waals surface area contributed by atoms with Crippen LogP contribution in [0.4, 0.5) is 5.13 Å². The third-order valence-corrected chi connectivity index (χ3v) is 5.53. The van der Waals surface area contributed by atoms with Crippen LogP contribution in [-0.2, 0) is 0 Å². The number of fused-ring (bicyclic) bond motifs is 2. The Labute approximate surface area is 106 Å². The third-order valence-electron chi connectivity index (χ3n) is 4.27. The van der Waals surface area contributed by atoms with Crippen LogP contribution in [0.2, 0.25) is 0 Å². The molecule has 4 heteroatoms. The van der Waals surface area contributed by atoms with E-state index < -0.39 is 0 Å². The highest BCUT2D eigenvalue weighted by atomic mass is 32.1. The SMILES string of the molecule is CC(C)c1sc(NC23CCC(CC2)C3)nc1O. The lowest BCUT2D eigenvalue weighted by Crippen LogP contribution is -2.32. The summed E-state index contributed by atoms with van der Waals surface area (Å²) in [7, 11) is 0. The lowest BCUT2D eigenvalue weighted by Gasteiger charge is -2.27. The minimum Gasteiger partial charge on any atom is -0.492 e. The maximum absolute atomic E-state index is 9.80. The van der Waals surface area contributed by atoms with E-state index in [4.69, 9.17) is 0 Å². The molecule has 0 atom stereocenters. The van der Waals surface area contributed by atoms with Crippen LogP contribution in [0.15, 0.2) is 0 Å². The number of nitrogens with one attached hydrogen (secondary N) is 1. The highest BCUT2D eigenvalue weighted by Gasteiger charge is 2.45. The molecular formula is C13H20N2OS. The van der Waals surface area contributed by atoms with Crippen LogP contribution in [0, 0.1) is 5.92 Å². The normalized spacial score (nSPS) is 31.4. The van der Waals surface area contributed by atoms with Crippen molar-refractivity contribution in [3.63, 3.8) is 0 Å². The zero-order valence-corrected chi connectivity index (χ0v) is 11.3. The molecule has 94 valence electrons. The summed E-state index contributed by atoms with van der Waals surface area (Å²) in [5.74, 6) is 1.50. The molecule has 3 rings (SSSR count). The van der Waals surface area contributed by atoms with Gasteiger partial charge in [-0.05, 0) is 43.9 Å². The van der Waals surface area contributed by atoms with Gasteiger partial charge in [-0.1, -0.05) is 25.2 Å². The van der Waals surface area contributed by atoms with Gasteiger partial charge < -0.3 is 10.4 Å². The highest BCUT2D eigenvalue weighted by molar-refractivity contribution is 7.16. The first-order chi connectivity index (χ1) is 8.08. The summed E-state index contributed by atoms with van der Waals surface area (Å²) >= 11 is 1.61. The van der Waals surface area contributed by atoms with Gasteiger partial charge in [0.1, 0.15) is 0 Å². The zero-order chi connectivity index (χ0) is 12.0. The number of aromatic hydroxyl groups is 1. The molecule has 1 aromatic rings. The van der Waals surface area contributed by atoms with Gasteiger partial charge in [-0.2, -0.15) is 4.98 Å². The number of rotatable bonds is 3. The van der Waals surface area contributed by atoms with Crippen molar-refractivity contribution >= 4 is 16.5 Å². The Balaban J connectivity index is 1.79. The summed E-state index contributed by atoms with van der Waals surface area (Å²) in [6.45, 7) is 4.19. The van der Waals surface area contributed by atoms with Crippen LogP contribution in [-0.4, -0.2) is 15.6 Å².